The van der Waals surface area contributed by atoms with Gasteiger partial charge in [0.15, 0.2) is 0 Å². The van der Waals surface area contributed by atoms with Crippen molar-refractivity contribution in [2.45, 2.75) is 6.42 Å². The van der Waals surface area contributed by atoms with Gasteiger partial charge in [0.2, 0.25) is 11.8 Å². The fourth-order valence-corrected chi connectivity index (χ4v) is 1.30. The van der Waals surface area contributed by atoms with Crippen molar-refractivity contribution in [3.8, 4) is 0 Å². The number of nitrogens with one attached hydrogen (secondary N) is 1. The van der Waals surface area contributed by atoms with Crippen molar-refractivity contribution in [2.24, 2.45) is 0 Å². The van der Waals surface area contributed by atoms with Crippen LogP contribution in [0.1, 0.15) is 5.56 Å². The van der Waals surface area contributed by atoms with E-state index < -0.39 is 11.8 Å². The van der Waals surface area contributed by atoms with Gasteiger partial charge in [-0.2, -0.15) is 0 Å². The molecule has 1 N–H and O–H groups in total. The van der Waals surface area contributed by atoms with Crippen molar-refractivity contribution in [3.05, 3.63) is 48.0 Å². The maximum absolute atomic E-state index is 11.5. The van der Waals surface area contributed by atoms with E-state index in [-0.39, 0.29) is 12.3 Å². The van der Waals surface area contributed by atoms with Crippen LogP contribution in [0.4, 0.5) is 0 Å². The topological polar surface area (TPSA) is 66.5 Å². The van der Waals surface area contributed by atoms with Crippen LogP contribution in [0.25, 0.3) is 0 Å². The summed E-state index contributed by atoms with van der Waals surface area (Å²) in [5.41, 5.74) is 0.821. The van der Waals surface area contributed by atoms with Crippen molar-refractivity contribution >= 4 is 17.7 Å². The highest BCUT2D eigenvalue weighted by Gasteiger charge is 2.06. The molecule has 5 heteroatoms. The molecule has 0 aliphatic heterocycles. The zero-order valence-corrected chi connectivity index (χ0v) is 10.9. The Morgan fingerprint density at radius 2 is 1.74 bits per heavy atom. The molecule has 0 bridgehead atoms. The molecule has 0 heterocycles. The molecule has 0 aliphatic carbocycles. The van der Waals surface area contributed by atoms with Crippen molar-refractivity contribution in [1.82, 2.24) is 10.2 Å². The van der Waals surface area contributed by atoms with Crippen LogP contribution in [0.2, 0.25) is 0 Å². The first-order valence-electron chi connectivity index (χ1n) is 5.76. The molecule has 5 nitrogen and oxygen atoms in total. The smallest absolute Gasteiger partial charge is 0.250 e. The van der Waals surface area contributed by atoms with Gasteiger partial charge < -0.3 is 4.90 Å². The van der Waals surface area contributed by atoms with Crippen molar-refractivity contribution in [2.75, 3.05) is 14.1 Å². The van der Waals surface area contributed by atoms with Crippen LogP contribution in [-0.4, -0.2) is 36.7 Å². The molecule has 1 aromatic rings. The highest BCUT2D eigenvalue weighted by molar-refractivity contribution is 6.04. The highest BCUT2D eigenvalue weighted by atomic mass is 16.2. The van der Waals surface area contributed by atoms with Gasteiger partial charge in [0.1, 0.15) is 0 Å². The van der Waals surface area contributed by atoms with Crippen LogP contribution in [0.3, 0.4) is 0 Å². The Balaban J connectivity index is 2.45. The number of benzene rings is 1. The maximum atomic E-state index is 11.5. The Morgan fingerprint density at radius 3 is 2.32 bits per heavy atom. The first-order chi connectivity index (χ1) is 8.99. The average molecular weight is 260 g/mol. The number of hydrogen-bond acceptors (Lipinski definition) is 3. The lowest BCUT2D eigenvalue weighted by Crippen LogP contribution is -2.30. The predicted molar refractivity (Wildman–Crippen MR) is 71.1 cm³/mol. The van der Waals surface area contributed by atoms with E-state index in [1.54, 1.807) is 26.2 Å². The molecule has 0 spiro atoms. The van der Waals surface area contributed by atoms with Crippen molar-refractivity contribution in [3.63, 3.8) is 0 Å². The summed E-state index contributed by atoms with van der Waals surface area (Å²) < 4.78 is 0. The minimum atomic E-state index is -0.601. The molecule has 1 aromatic carbocycles. The van der Waals surface area contributed by atoms with Crippen LogP contribution in [0.15, 0.2) is 42.5 Å². The van der Waals surface area contributed by atoms with E-state index in [2.05, 4.69) is 5.32 Å². The molecular formula is C14H16N2O3. The summed E-state index contributed by atoms with van der Waals surface area (Å²) in [4.78, 5) is 35.4. The first kappa shape index (κ1) is 14.6. The summed E-state index contributed by atoms with van der Waals surface area (Å²) in [5.74, 6) is -1.32. The van der Waals surface area contributed by atoms with E-state index in [1.807, 2.05) is 18.2 Å². The maximum Gasteiger partial charge on any atom is 0.250 e. The SMILES string of the molecule is CN(C)C(=O)/C=C/C(=O)NC(=O)Cc1ccccc1. The van der Waals surface area contributed by atoms with Gasteiger partial charge in [0.25, 0.3) is 5.91 Å². The van der Waals surface area contributed by atoms with Crippen molar-refractivity contribution in [1.29, 1.82) is 0 Å². The fraction of sp³-hybridized carbons (Fsp3) is 0.214. The third-order valence-electron chi connectivity index (χ3n) is 2.29. The van der Waals surface area contributed by atoms with Crippen LogP contribution in [0, 0.1) is 0 Å². The molecule has 0 saturated heterocycles. The number of nitrogens with zero attached hydrogens (tertiary/aromatic N) is 1. The van der Waals surface area contributed by atoms with Gasteiger partial charge in [0, 0.05) is 26.2 Å². The second-order valence-electron chi connectivity index (χ2n) is 4.14. The quantitative estimate of drug-likeness (QED) is 0.802. The van der Waals surface area contributed by atoms with E-state index in [0.717, 1.165) is 17.7 Å². The Bertz CT molecular complexity index is 493. The number of amides is 3. The number of carbonyl (C=O) groups excluding carboxylic acids is 3. The minimum absolute atomic E-state index is 0.127. The van der Waals surface area contributed by atoms with E-state index in [0.29, 0.717) is 0 Å². The number of likely N-dealkylation sites (N-methyl/N-ethyl adjacent to an activating group) is 1. The summed E-state index contributed by atoms with van der Waals surface area (Å²) in [6.07, 6.45) is 2.29. The van der Waals surface area contributed by atoms with Crippen molar-refractivity contribution < 1.29 is 14.4 Å². The second-order valence-corrected chi connectivity index (χ2v) is 4.14. The van der Waals surface area contributed by atoms with Crippen LogP contribution in [0.5, 0.6) is 0 Å². The first-order valence-corrected chi connectivity index (χ1v) is 5.76. The predicted octanol–water partition coefficient (Wildman–Crippen LogP) is 0.516. The van der Waals surface area contributed by atoms with Gasteiger partial charge in [0.05, 0.1) is 6.42 Å². The second kappa shape index (κ2) is 7.10. The molecule has 0 atom stereocenters. The third-order valence-corrected chi connectivity index (χ3v) is 2.29. The number of rotatable bonds is 4. The lowest BCUT2D eigenvalue weighted by molar-refractivity contribution is -0.128. The van der Waals surface area contributed by atoms with Gasteiger partial charge in [-0.3, -0.25) is 19.7 Å². The molecule has 100 valence electrons. The normalized spacial score (nSPS) is 10.2. The number of carbonyl (C=O) groups is 3. The molecule has 0 saturated carbocycles. The molecule has 19 heavy (non-hydrogen) atoms. The molecule has 0 unspecified atom stereocenters. The number of imide groups is 1. The molecular weight excluding hydrogens is 244 g/mol. The lowest BCUT2D eigenvalue weighted by atomic mass is 10.1. The molecule has 0 aliphatic rings. The summed E-state index contributed by atoms with van der Waals surface area (Å²) in [6, 6.07) is 9.09. The molecule has 0 aromatic heterocycles. The lowest BCUT2D eigenvalue weighted by Gasteiger charge is -2.05. The van der Waals surface area contributed by atoms with Crippen LogP contribution >= 0.6 is 0 Å². The molecule has 0 fully saturated rings. The van der Waals surface area contributed by atoms with Crippen LogP contribution in [-0.2, 0) is 20.8 Å². The minimum Gasteiger partial charge on any atom is -0.345 e. The summed E-state index contributed by atoms with van der Waals surface area (Å²) >= 11 is 0. The van der Waals surface area contributed by atoms with Gasteiger partial charge in [-0.05, 0) is 5.56 Å². The Hall–Kier alpha value is -2.43. The van der Waals surface area contributed by atoms with E-state index >= 15 is 0 Å². The van der Waals surface area contributed by atoms with Gasteiger partial charge in [-0.25, -0.2) is 0 Å². The Labute approximate surface area is 111 Å². The standard InChI is InChI=1S/C14H16N2O3/c1-16(2)14(19)9-8-12(17)15-13(18)10-11-6-4-3-5-7-11/h3-9H,10H2,1-2H3,(H,15,17,18)/b9-8+. The van der Waals surface area contributed by atoms with Gasteiger partial charge >= 0.3 is 0 Å². The van der Waals surface area contributed by atoms with Crippen LogP contribution < -0.4 is 5.32 Å². The van der Waals surface area contributed by atoms with Gasteiger partial charge in [-0.1, -0.05) is 30.3 Å². The average Bonchev–Trinajstić information content (AvgIpc) is 2.36. The largest absolute Gasteiger partial charge is 0.345 e. The Morgan fingerprint density at radius 1 is 1.11 bits per heavy atom. The van der Waals surface area contributed by atoms with E-state index in [9.17, 15) is 14.4 Å². The monoisotopic (exact) mass is 260 g/mol. The summed E-state index contributed by atoms with van der Waals surface area (Å²) in [5, 5.41) is 2.19. The fourth-order valence-electron chi connectivity index (χ4n) is 1.30. The number of hydrogen-bond donors (Lipinski definition) is 1. The third kappa shape index (κ3) is 5.63. The highest BCUT2D eigenvalue weighted by Crippen LogP contribution is 1.99. The Kier molecular flexibility index (Phi) is 5.47. The van der Waals surface area contributed by atoms with E-state index in [1.165, 1.54) is 4.90 Å². The van der Waals surface area contributed by atoms with Gasteiger partial charge in [-0.15, -0.1) is 0 Å². The molecule has 1 rings (SSSR count). The molecule has 3 amide bonds. The summed E-state index contributed by atoms with van der Waals surface area (Å²) in [7, 11) is 3.15. The van der Waals surface area contributed by atoms with E-state index in [4.69, 9.17) is 0 Å². The zero-order chi connectivity index (χ0) is 14.3. The summed E-state index contributed by atoms with van der Waals surface area (Å²) in [6.45, 7) is 0. The molecule has 0 radical (unpaired) electrons. The zero-order valence-electron chi connectivity index (χ0n) is 10.9.